The molecule has 2 fully saturated rings. The molecule has 0 spiro atoms. The van der Waals surface area contributed by atoms with Gasteiger partial charge in [-0.15, -0.1) is 0 Å². The van der Waals surface area contributed by atoms with Gasteiger partial charge in [0.15, 0.2) is 0 Å². The van der Waals surface area contributed by atoms with Crippen LogP contribution in [-0.2, 0) is 15.7 Å². The Morgan fingerprint density at radius 2 is 2.07 bits per heavy atom. The van der Waals surface area contributed by atoms with Gasteiger partial charge in [0, 0.05) is 38.9 Å². The predicted molar refractivity (Wildman–Crippen MR) is 95.8 cm³/mol. The van der Waals surface area contributed by atoms with Gasteiger partial charge in [-0.25, -0.2) is 4.98 Å². The number of hydrogen-bond acceptors (Lipinski definition) is 4. The summed E-state index contributed by atoms with van der Waals surface area (Å²) in [5.41, 5.74) is -1.08. The van der Waals surface area contributed by atoms with E-state index in [1.807, 2.05) is 4.90 Å². The van der Waals surface area contributed by atoms with Crippen molar-refractivity contribution in [1.29, 1.82) is 0 Å². The number of carbonyl (C=O) groups is 1. The van der Waals surface area contributed by atoms with Crippen molar-refractivity contribution >= 4 is 23.3 Å². The maximum atomic E-state index is 12.7. The lowest BCUT2D eigenvalue weighted by Gasteiger charge is -2.41. The summed E-state index contributed by atoms with van der Waals surface area (Å²) in [6.07, 6.45) is 0.558. The highest BCUT2D eigenvalue weighted by molar-refractivity contribution is 6.33. The van der Waals surface area contributed by atoms with Crippen LogP contribution in [-0.4, -0.2) is 43.2 Å². The van der Waals surface area contributed by atoms with Crippen LogP contribution in [0.15, 0.2) is 12.3 Å². The molecule has 1 amide bonds. The number of piperidine rings is 1. The minimum Gasteiger partial charge on any atom is -0.376 e. The van der Waals surface area contributed by atoms with Crippen molar-refractivity contribution in [2.75, 3.05) is 31.6 Å². The molecule has 1 aliphatic carbocycles. The number of amides is 1. The Bertz CT molecular complexity index is 681. The van der Waals surface area contributed by atoms with Crippen LogP contribution in [0, 0.1) is 5.92 Å². The van der Waals surface area contributed by atoms with E-state index in [1.54, 1.807) is 7.11 Å². The molecule has 1 aromatic rings. The van der Waals surface area contributed by atoms with Crippen LogP contribution in [0.2, 0.25) is 5.02 Å². The van der Waals surface area contributed by atoms with Crippen molar-refractivity contribution < 1.29 is 22.7 Å². The molecule has 1 aliphatic heterocycles. The fourth-order valence-corrected chi connectivity index (χ4v) is 3.87. The second-order valence-electron chi connectivity index (χ2n) is 7.25. The monoisotopic (exact) mass is 405 g/mol. The summed E-state index contributed by atoms with van der Waals surface area (Å²) in [7, 11) is 1.67. The van der Waals surface area contributed by atoms with Crippen LogP contribution in [0.4, 0.5) is 19.0 Å². The number of ether oxygens (including phenoxy) is 1. The molecule has 0 radical (unpaired) electrons. The van der Waals surface area contributed by atoms with E-state index in [9.17, 15) is 18.0 Å². The van der Waals surface area contributed by atoms with Gasteiger partial charge in [0.05, 0.1) is 16.2 Å². The van der Waals surface area contributed by atoms with Gasteiger partial charge in [-0.2, -0.15) is 13.2 Å². The van der Waals surface area contributed by atoms with Gasteiger partial charge in [0.1, 0.15) is 5.82 Å². The maximum absolute atomic E-state index is 12.7. The van der Waals surface area contributed by atoms with E-state index in [1.165, 1.54) is 0 Å². The van der Waals surface area contributed by atoms with Crippen molar-refractivity contribution in [3.63, 3.8) is 0 Å². The average Bonchev–Trinajstić information content (AvgIpc) is 2.60. The van der Waals surface area contributed by atoms with E-state index in [-0.39, 0.29) is 22.4 Å². The molecule has 1 aromatic heterocycles. The van der Waals surface area contributed by atoms with Crippen LogP contribution < -0.4 is 10.2 Å². The number of nitrogens with zero attached hydrogens (tertiary/aromatic N) is 2. The van der Waals surface area contributed by atoms with Crippen LogP contribution in [0.5, 0.6) is 0 Å². The average molecular weight is 406 g/mol. The molecule has 0 bridgehead atoms. The first kappa shape index (κ1) is 20.2. The third kappa shape index (κ3) is 4.48. The summed E-state index contributed by atoms with van der Waals surface area (Å²) in [6, 6.07) is 0.894. The third-order valence-corrected chi connectivity index (χ3v) is 5.88. The van der Waals surface area contributed by atoms with Gasteiger partial charge < -0.3 is 15.0 Å². The van der Waals surface area contributed by atoms with Crippen molar-refractivity contribution in [3.8, 4) is 0 Å². The van der Waals surface area contributed by atoms with E-state index in [4.69, 9.17) is 16.3 Å². The van der Waals surface area contributed by atoms with Crippen LogP contribution >= 0.6 is 11.6 Å². The molecule has 0 aromatic carbocycles. The van der Waals surface area contributed by atoms with Crippen LogP contribution in [0.25, 0.3) is 0 Å². The molecule has 1 saturated heterocycles. The van der Waals surface area contributed by atoms with Crippen molar-refractivity contribution in [3.05, 3.63) is 22.8 Å². The predicted octanol–water partition coefficient (Wildman–Crippen LogP) is 3.66. The normalized spacial score (nSPS) is 20.3. The van der Waals surface area contributed by atoms with Gasteiger partial charge in [0.25, 0.3) is 0 Å². The standard InChI is InChI=1S/C18H23ClF3N3O2/c1-27-17(5-2-6-17)11-24-16(26)12-3-7-25(8-4-12)15-14(19)9-13(10-23-15)18(20,21)22/h9-10,12H,2-8,11H2,1H3,(H,24,26). The first-order valence-electron chi connectivity index (χ1n) is 9.05. The lowest BCUT2D eigenvalue weighted by atomic mass is 9.80. The molecule has 5 nitrogen and oxygen atoms in total. The Kier molecular flexibility index (Phi) is 5.86. The van der Waals surface area contributed by atoms with Crippen LogP contribution in [0.1, 0.15) is 37.7 Å². The summed E-state index contributed by atoms with van der Waals surface area (Å²) in [6.45, 7) is 1.56. The molecule has 3 rings (SSSR count). The molecule has 9 heteroatoms. The topological polar surface area (TPSA) is 54.5 Å². The zero-order valence-corrected chi connectivity index (χ0v) is 15.9. The van der Waals surface area contributed by atoms with Gasteiger partial charge in [0.2, 0.25) is 5.91 Å². The highest BCUT2D eigenvalue weighted by Crippen LogP contribution is 2.36. The SMILES string of the molecule is COC1(CNC(=O)C2CCN(c3ncc(C(F)(F)F)cc3Cl)CC2)CCC1. The van der Waals surface area contributed by atoms with Gasteiger partial charge in [-0.3, -0.25) is 4.79 Å². The number of alkyl halides is 3. The number of anilines is 1. The van der Waals surface area contributed by atoms with E-state index in [0.717, 1.165) is 31.5 Å². The van der Waals surface area contributed by atoms with Crippen molar-refractivity contribution in [1.82, 2.24) is 10.3 Å². The largest absolute Gasteiger partial charge is 0.417 e. The summed E-state index contributed by atoms with van der Waals surface area (Å²) in [4.78, 5) is 18.1. The number of methoxy groups -OCH3 is 1. The molecule has 2 heterocycles. The minimum absolute atomic E-state index is 0.00412. The second-order valence-corrected chi connectivity index (χ2v) is 7.65. The molecular weight excluding hydrogens is 383 g/mol. The minimum atomic E-state index is -4.47. The number of pyridine rings is 1. The molecule has 1 N–H and O–H groups in total. The van der Waals surface area contributed by atoms with E-state index in [2.05, 4.69) is 10.3 Å². The van der Waals surface area contributed by atoms with Gasteiger partial charge >= 0.3 is 6.18 Å². The molecule has 2 aliphatic rings. The molecule has 150 valence electrons. The first-order valence-corrected chi connectivity index (χ1v) is 9.42. The Morgan fingerprint density at radius 3 is 2.56 bits per heavy atom. The lowest BCUT2D eigenvalue weighted by molar-refractivity contribution is -0.137. The highest BCUT2D eigenvalue weighted by atomic mass is 35.5. The summed E-state index contributed by atoms with van der Waals surface area (Å²) in [5.74, 6) is 0.212. The fourth-order valence-electron chi connectivity index (χ4n) is 3.59. The quantitative estimate of drug-likeness (QED) is 0.812. The number of rotatable bonds is 5. The van der Waals surface area contributed by atoms with E-state index in [0.29, 0.717) is 38.3 Å². The van der Waals surface area contributed by atoms with Gasteiger partial charge in [-0.05, 0) is 38.2 Å². The van der Waals surface area contributed by atoms with Crippen molar-refractivity contribution in [2.24, 2.45) is 5.92 Å². The zero-order valence-electron chi connectivity index (χ0n) is 15.1. The molecule has 0 unspecified atom stereocenters. The highest BCUT2D eigenvalue weighted by Gasteiger charge is 2.38. The van der Waals surface area contributed by atoms with E-state index >= 15 is 0 Å². The number of hydrogen-bond donors (Lipinski definition) is 1. The van der Waals surface area contributed by atoms with Crippen LogP contribution in [0.3, 0.4) is 0 Å². The molecule has 27 heavy (non-hydrogen) atoms. The van der Waals surface area contributed by atoms with E-state index < -0.39 is 11.7 Å². The Morgan fingerprint density at radius 1 is 1.41 bits per heavy atom. The molecular formula is C18H23ClF3N3O2. The number of halogens is 4. The number of carbonyl (C=O) groups excluding carboxylic acids is 1. The Balaban J connectivity index is 1.53. The Labute approximate surface area is 161 Å². The molecule has 1 saturated carbocycles. The Hall–Kier alpha value is -1.54. The van der Waals surface area contributed by atoms with Gasteiger partial charge in [-0.1, -0.05) is 11.6 Å². The summed E-state index contributed by atoms with van der Waals surface area (Å²) >= 11 is 6.01. The summed E-state index contributed by atoms with van der Waals surface area (Å²) < 4.78 is 43.7. The maximum Gasteiger partial charge on any atom is 0.417 e. The smallest absolute Gasteiger partial charge is 0.376 e. The zero-order chi connectivity index (χ0) is 19.7. The molecule has 0 atom stereocenters. The third-order valence-electron chi connectivity index (χ3n) is 5.60. The fraction of sp³-hybridized carbons (Fsp3) is 0.667. The first-order chi connectivity index (χ1) is 12.7. The second kappa shape index (κ2) is 7.83. The number of aromatic nitrogens is 1. The van der Waals surface area contributed by atoms with Crippen molar-refractivity contribution in [2.45, 2.75) is 43.9 Å². The number of nitrogens with one attached hydrogen (secondary N) is 1. The lowest BCUT2D eigenvalue weighted by Crippen LogP contribution is -2.51. The summed E-state index contributed by atoms with van der Waals surface area (Å²) in [5, 5.41) is 2.96.